The molecule has 1 N–H and O–H groups in total. The van der Waals surface area contributed by atoms with Gasteiger partial charge >= 0.3 is 0 Å². The molecule has 0 spiro atoms. The van der Waals surface area contributed by atoms with E-state index in [9.17, 15) is 9.18 Å². The minimum absolute atomic E-state index is 0.0517. The summed E-state index contributed by atoms with van der Waals surface area (Å²) in [6, 6.07) is 14.0. The second-order valence-corrected chi connectivity index (χ2v) is 6.96. The standard InChI is InChI=1S/C18H15FN2OS2/c19-15-5-1-13(2-6-15)11-23-12-17(22)21-16-7-3-14(4-8-16)18-20-9-10-24-18/h1-10H,11-12H2,(H,21,22). The highest BCUT2D eigenvalue weighted by molar-refractivity contribution is 7.99. The maximum Gasteiger partial charge on any atom is 0.234 e. The molecule has 0 unspecified atom stereocenters. The van der Waals surface area contributed by atoms with Crippen molar-refractivity contribution in [2.75, 3.05) is 11.1 Å². The molecular weight excluding hydrogens is 343 g/mol. The van der Waals surface area contributed by atoms with E-state index < -0.39 is 0 Å². The molecule has 1 aromatic heterocycles. The van der Waals surface area contributed by atoms with E-state index in [4.69, 9.17) is 0 Å². The second-order valence-electron chi connectivity index (χ2n) is 5.08. The van der Waals surface area contributed by atoms with E-state index >= 15 is 0 Å². The van der Waals surface area contributed by atoms with Crippen LogP contribution in [0.3, 0.4) is 0 Å². The number of benzene rings is 2. The fourth-order valence-electron chi connectivity index (χ4n) is 2.10. The van der Waals surface area contributed by atoms with Crippen LogP contribution in [0, 0.1) is 5.82 Å². The van der Waals surface area contributed by atoms with Gasteiger partial charge in [-0.25, -0.2) is 9.37 Å². The Labute approximate surface area is 148 Å². The lowest BCUT2D eigenvalue weighted by Crippen LogP contribution is -2.14. The zero-order valence-corrected chi connectivity index (χ0v) is 14.4. The number of carbonyl (C=O) groups excluding carboxylic acids is 1. The molecule has 0 aliphatic rings. The predicted molar refractivity (Wildman–Crippen MR) is 98.7 cm³/mol. The minimum Gasteiger partial charge on any atom is -0.325 e. The Morgan fingerprint density at radius 1 is 1.12 bits per heavy atom. The van der Waals surface area contributed by atoms with Gasteiger partial charge < -0.3 is 5.32 Å². The van der Waals surface area contributed by atoms with Crippen LogP contribution in [0.2, 0.25) is 0 Å². The lowest BCUT2D eigenvalue weighted by molar-refractivity contribution is -0.113. The maximum atomic E-state index is 12.8. The van der Waals surface area contributed by atoms with Crippen molar-refractivity contribution < 1.29 is 9.18 Å². The van der Waals surface area contributed by atoms with Gasteiger partial charge in [0.25, 0.3) is 0 Å². The van der Waals surface area contributed by atoms with Crippen molar-refractivity contribution in [3.63, 3.8) is 0 Å². The van der Waals surface area contributed by atoms with Crippen molar-refractivity contribution in [1.29, 1.82) is 0 Å². The van der Waals surface area contributed by atoms with Crippen molar-refractivity contribution in [3.8, 4) is 10.6 Å². The zero-order valence-electron chi connectivity index (χ0n) is 12.7. The smallest absolute Gasteiger partial charge is 0.234 e. The molecule has 0 saturated heterocycles. The zero-order chi connectivity index (χ0) is 16.8. The molecule has 1 heterocycles. The largest absolute Gasteiger partial charge is 0.325 e. The Kier molecular flexibility index (Phi) is 5.61. The van der Waals surface area contributed by atoms with Crippen molar-refractivity contribution >= 4 is 34.7 Å². The van der Waals surface area contributed by atoms with E-state index in [-0.39, 0.29) is 11.7 Å². The number of anilines is 1. The summed E-state index contributed by atoms with van der Waals surface area (Å²) in [5.41, 5.74) is 2.80. The molecule has 3 nitrogen and oxygen atoms in total. The molecular formula is C18H15FN2OS2. The van der Waals surface area contributed by atoms with Crippen LogP contribution in [-0.4, -0.2) is 16.6 Å². The molecule has 3 rings (SSSR count). The second kappa shape index (κ2) is 8.08. The molecule has 0 aliphatic carbocycles. The topological polar surface area (TPSA) is 42.0 Å². The quantitative estimate of drug-likeness (QED) is 0.687. The number of hydrogen-bond acceptors (Lipinski definition) is 4. The Balaban J connectivity index is 1.47. The van der Waals surface area contributed by atoms with E-state index in [2.05, 4.69) is 10.3 Å². The van der Waals surface area contributed by atoms with E-state index in [0.29, 0.717) is 11.5 Å². The molecule has 24 heavy (non-hydrogen) atoms. The normalized spacial score (nSPS) is 10.5. The highest BCUT2D eigenvalue weighted by Gasteiger charge is 2.05. The molecule has 0 aliphatic heterocycles. The number of hydrogen-bond donors (Lipinski definition) is 1. The molecule has 122 valence electrons. The first-order valence-corrected chi connectivity index (χ1v) is 9.36. The van der Waals surface area contributed by atoms with Crippen LogP contribution in [0.1, 0.15) is 5.56 Å². The van der Waals surface area contributed by atoms with E-state index in [1.807, 2.05) is 29.6 Å². The summed E-state index contributed by atoms with van der Waals surface area (Å²) in [4.78, 5) is 16.2. The molecule has 0 radical (unpaired) electrons. The van der Waals surface area contributed by atoms with Crippen LogP contribution in [0.4, 0.5) is 10.1 Å². The third-order valence-electron chi connectivity index (χ3n) is 3.26. The molecule has 6 heteroatoms. The minimum atomic E-state index is -0.248. The van der Waals surface area contributed by atoms with Crippen molar-refractivity contribution in [3.05, 3.63) is 71.5 Å². The Hall–Kier alpha value is -2.18. The molecule has 0 atom stereocenters. The van der Waals surface area contributed by atoms with Crippen LogP contribution in [0.15, 0.2) is 60.1 Å². The predicted octanol–water partition coefficient (Wildman–Crippen LogP) is 4.82. The van der Waals surface area contributed by atoms with Gasteiger partial charge in [0.1, 0.15) is 10.8 Å². The Bertz CT molecular complexity index is 787. The average Bonchev–Trinajstić information content (AvgIpc) is 3.12. The summed E-state index contributed by atoms with van der Waals surface area (Å²) >= 11 is 3.08. The van der Waals surface area contributed by atoms with Crippen LogP contribution in [-0.2, 0) is 10.5 Å². The monoisotopic (exact) mass is 358 g/mol. The average molecular weight is 358 g/mol. The van der Waals surface area contributed by atoms with Crippen LogP contribution >= 0.6 is 23.1 Å². The molecule has 0 bridgehead atoms. The number of aromatic nitrogens is 1. The van der Waals surface area contributed by atoms with Crippen molar-refractivity contribution in [2.24, 2.45) is 0 Å². The molecule has 2 aromatic carbocycles. The number of amides is 1. The van der Waals surface area contributed by atoms with Crippen LogP contribution in [0.5, 0.6) is 0 Å². The van der Waals surface area contributed by atoms with Gasteiger partial charge in [-0.2, -0.15) is 0 Å². The summed E-state index contributed by atoms with van der Waals surface area (Å²) in [5.74, 6) is 0.731. The third kappa shape index (κ3) is 4.66. The Morgan fingerprint density at radius 2 is 1.88 bits per heavy atom. The van der Waals surface area contributed by atoms with Gasteiger partial charge in [0.2, 0.25) is 5.91 Å². The highest BCUT2D eigenvalue weighted by atomic mass is 32.2. The first kappa shape index (κ1) is 16.7. The van der Waals surface area contributed by atoms with Gasteiger partial charge in [-0.3, -0.25) is 4.79 Å². The van der Waals surface area contributed by atoms with Crippen LogP contribution in [0.25, 0.3) is 10.6 Å². The maximum absolute atomic E-state index is 12.8. The number of nitrogens with one attached hydrogen (secondary N) is 1. The SMILES string of the molecule is O=C(CSCc1ccc(F)cc1)Nc1ccc(-c2nccs2)cc1. The number of carbonyl (C=O) groups is 1. The van der Waals surface area contributed by atoms with Crippen molar-refractivity contribution in [2.45, 2.75) is 5.75 Å². The Morgan fingerprint density at radius 3 is 2.54 bits per heavy atom. The molecule has 0 fully saturated rings. The molecule has 1 amide bonds. The van der Waals surface area contributed by atoms with Gasteiger partial charge in [-0.1, -0.05) is 12.1 Å². The summed E-state index contributed by atoms with van der Waals surface area (Å²) in [6.07, 6.45) is 1.77. The number of nitrogens with zero attached hydrogens (tertiary/aromatic N) is 1. The van der Waals surface area contributed by atoms with E-state index in [0.717, 1.165) is 21.8 Å². The van der Waals surface area contributed by atoms with Crippen LogP contribution < -0.4 is 5.32 Å². The molecule has 0 saturated carbocycles. The third-order valence-corrected chi connectivity index (χ3v) is 5.09. The molecule has 3 aromatic rings. The fourth-order valence-corrected chi connectivity index (χ4v) is 3.53. The van der Waals surface area contributed by atoms with Gasteiger partial charge in [0, 0.05) is 28.6 Å². The van der Waals surface area contributed by atoms with Crippen molar-refractivity contribution in [1.82, 2.24) is 4.98 Å². The van der Waals surface area contributed by atoms with E-state index in [1.165, 1.54) is 23.9 Å². The lowest BCUT2D eigenvalue weighted by Gasteiger charge is -2.06. The van der Waals surface area contributed by atoms with Gasteiger partial charge in [0.15, 0.2) is 0 Å². The van der Waals surface area contributed by atoms with E-state index in [1.54, 1.807) is 29.7 Å². The van der Waals surface area contributed by atoms with Gasteiger partial charge in [0.05, 0.1) is 5.75 Å². The summed E-state index contributed by atoms with van der Waals surface area (Å²) in [5, 5.41) is 5.77. The fraction of sp³-hybridized carbons (Fsp3) is 0.111. The van der Waals surface area contributed by atoms with Gasteiger partial charge in [-0.15, -0.1) is 23.1 Å². The summed E-state index contributed by atoms with van der Waals surface area (Å²) in [7, 11) is 0. The number of halogens is 1. The summed E-state index contributed by atoms with van der Waals surface area (Å²) < 4.78 is 12.8. The number of thioether (sulfide) groups is 1. The number of rotatable bonds is 6. The first-order chi connectivity index (χ1) is 11.7. The lowest BCUT2D eigenvalue weighted by atomic mass is 10.2. The first-order valence-electron chi connectivity index (χ1n) is 7.33. The highest BCUT2D eigenvalue weighted by Crippen LogP contribution is 2.23. The number of thiazole rings is 1. The van der Waals surface area contributed by atoms with Gasteiger partial charge in [-0.05, 0) is 42.0 Å². The summed E-state index contributed by atoms with van der Waals surface area (Å²) in [6.45, 7) is 0.